The van der Waals surface area contributed by atoms with E-state index >= 15 is 0 Å². The van der Waals surface area contributed by atoms with Crippen molar-refractivity contribution in [1.29, 1.82) is 5.26 Å². The standard InChI is InChI=1S/C19H20N2O.C5H6N6/c1-4-8-17-20-15-11-7-10-14(3)18(15)19(22)21(17)16-12-6-5-9-13(16)2;6-1-2-3(7)10-5(9)11-4(2)8/h5-7,9-12H,4,8H2,1-3H3;(H6,7,8,9,10,11). The van der Waals surface area contributed by atoms with E-state index in [1.165, 1.54) is 0 Å². The normalized spacial score (nSPS) is 10.4. The molecule has 168 valence electrons. The summed E-state index contributed by atoms with van der Waals surface area (Å²) in [5.74, 6) is 0.828. The van der Waals surface area contributed by atoms with Crippen molar-refractivity contribution >= 4 is 28.5 Å². The Morgan fingerprint density at radius 2 is 1.58 bits per heavy atom. The first-order valence-corrected chi connectivity index (χ1v) is 10.4. The van der Waals surface area contributed by atoms with Gasteiger partial charge < -0.3 is 17.2 Å². The molecule has 0 fully saturated rings. The molecule has 0 bridgehead atoms. The van der Waals surface area contributed by atoms with Crippen LogP contribution < -0.4 is 22.8 Å². The van der Waals surface area contributed by atoms with Gasteiger partial charge in [-0.2, -0.15) is 15.2 Å². The number of fused-ring (bicyclic) bond motifs is 1. The highest BCUT2D eigenvalue weighted by molar-refractivity contribution is 5.81. The molecule has 0 aliphatic rings. The quantitative estimate of drug-likeness (QED) is 0.436. The average Bonchev–Trinajstić information content (AvgIpc) is 2.75. The first-order valence-electron chi connectivity index (χ1n) is 10.4. The Morgan fingerprint density at radius 1 is 0.939 bits per heavy atom. The van der Waals surface area contributed by atoms with Gasteiger partial charge in [0.2, 0.25) is 5.95 Å². The number of hydrogen-bond acceptors (Lipinski definition) is 8. The van der Waals surface area contributed by atoms with E-state index in [0.717, 1.165) is 41.0 Å². The predicted octanol–water partition coefficient (Wildman–Crippen LogP) is 3.05. The topological polar surface area (TPSA) is 163 Å². The highest BCUT2D eigenvalue weighted by Gasteiger charge is 2.14. The minimum Gasteiger partial charge on any atom is -0.382 e. The van der Waals surface area contributed by atoms with Gasteiger partial charge in [-0.3, -0.25) is 9.36 Å². The second-order valence-corrected chi connectivity index (χ2v) is 7.51. The van der Waals surface area contributed by atoms with Crippen LogP contribution in [0.25, 0.3) is 16.6 Å². The predicted molar refractivity (Wildman–Crippen MR) is 131 cm³/mol. The summed E-state index contributed by atoms with van der Waals surface area (Å²) in [4.78, 5) is 25.0. The van der Waals surface area contributed by atoms with E-state index in [0.29, 0.717) is 5.39 Å². The van der Waals surface area contributed by atoms with Gasteiger partial charge in [-0.15, -0.1) is 0 Å². The number of rotatable bonds is 3. The van der Waals surface area contributed by atoms with Crippen LogP contribution in [-0.2, 0) is 6.42 Å². The molecule has 4 aromatic rings. The number of hydrogen-bond donors (Lipinski definition) is 3. The summed E-state index contributed by atoms with van der Waals surface area (Å²) in [6.07, 6.45) is 1.74. The van der Waals surface area contributed by atoms with Crippen molar-refractivity contribution in [2.24, 2.45) is 0 Å². The van der Waals surface area contributed by atoms with Crippen molar-refractivity contribution in [2.45, 2.75) is 33.6 Å². The summed E-state index contributed by atoms with van der Waals surface area (Å²) < 4.78 is 1.79. The van der Waals surface area contributed by atoms with Crippen molar-refractivity contribution in [3.8, 4) is 11.8 Å². The largest absolute Gasteiger partial charge is 0.382 e. The minimum atomic E-state index is -0.0287. The Hall–Kier alpha value is -4.45. The summed E-state index contributed by atoms with van der Waals surface area (Å²) in [5.41, 5.74) is 19.7. The van der Waals surface area contributed by atoms with E-state index in [4.69, 9.17) is 27.4 Å². The van der Waals surface area contributed by atoms with Gasteiger partial charge in [-0.1, -0.05) is 37.3 Å². The van der Waals surface area contributed by atoms with Gasteiger partial charge in [-0.05, 0) is 43.5 Å². The zero-order valence-corrected chi connectivity index (χ0v) is 18.8. The van der Waals surface area contributed by atoms with E-state index in [-0.39, 0.29) is 28.7 Å². The molecule has 0 aliphatic heterocycles. The lowest BCUT2D eigenvalue weighted by Gasteiger charge is -2.15. The first kappa shape index (κ1) is 23.2. The van der Waals surface area contributed by atoms with Crippen LogP contribution >= 0.6 is 0 Å². The van der Waals surface area contributed by atoms with E-state index in [2.05, 4.69) is 16.9 Å². The van der Waals surface area contributed by atoms with Crippen molar-refractivity contribution in [1.82, 2.24) is 19.5 Å². The van der Waals surface area contributed by atoms with Gasteiger partial charge in [-0.25, -0.2) is 4.98 Å². The van der Waals surface area contributed by atoms with Crippen LogP contribution in [0, 0.1) is 25.2 Å². The third kappa shape index (κ3) is 4.75. The number of benzene rings is 2. The van der Waals surface area contributed by atoms with Crippen LogP contribution in [-0.4, -0.2) is 19.5 Å². The molecule has 6 N–H and O–H groups in total. The molecule has 0 saturated heterocycles. The molecule has 9 nitrogen and oxygen atoms in total. The lowest BCUT2D eigenvalue weighted by Crippen LogP contribution is -2.25. The zero-order valence-electron chi connectivity index (χ0n) is 18.8. The maximum Gasteiger partial charge on any atom is 0.266 e. The van der Waals surface area contributed by atoms with Crippen molar-refractivity contribution < 1.29 is 0 Å². The van der Waals surface area contributed by atoms with Crippen molar-refractivity contribution in [2.75, 3.05) is 17.2 Å². The van der Waals surface area contributed by atoms with Crippen molar-refractivity contribution in [3.05, 3.63) is 75.3 Å². The van der Waals surface area contributed by atoms with Gasteiger partial charge in [0, 0.05) is 6.42 Å². The van der Waals surface area contributed by atoms with Gasteiger partial charge in [0.05, 0.1) is 16.6 Å². The molecule has 0 atom stereocenters. The number of nitrogen functional groups attached to an aromatic ring is 3. The molecule has 2 aromatic heterocycles. The molecular formula is C24H26N8O. The summed E-state index contributed by atoms with van der Waals surface area (Å²) in [5, 5.41) is 9.17. The zero-order chi connectivity index (χ0) is 24.1. The number of nitriles is 1. The van der Waals surface area contributed by atoms with Crippen LogP contribution in [0.5, 0.6) is 0 Å². The lowest BCUT2D eigenvalue weighted by atomic mass is 10.1. The van der Waals surface area contributed by atoms with E-state index in [1.54, 1.807) is 10.6 Å². The smallest absolute Gasteiger partial charge is 0.266 e. The molecule has 0 unspecified atom stereocenters. The SMILES string of the molecule is CCCc1nc2cccc(C)c2c(=O)n1-c1ccccc1C.N#Cc1c(N)nc(N)nc1N. The molecule has 2 heterocycles. The highest BCUT2D eigenvalue weighted by Crippen LogP contribution is 2.19. The summed E-state index contributed by atoms with van der Waals surface area (Å²) >= 11 is 0. The van der Waals surface area contributed by atoms with Crippen LogP contribution in [0.15, 0.2) is 47.3 Å². The number of nitrogens with zero attached hydrogens (tertiary/aromatic N) is 5. The maximum atomic E-state index is 13.1. The molecule has 0 aliphatic carbocycles. The van der Waals surface area contributed by atoms with Crippen LogP contribution in [0.4, 0.5) is 17.6 Å². The maximum absolute atomic E-state index is 13.1. The fraction of sp³-hybridized carbons (Fsp3) is 0.208. The number of para-hydroxylation sites is 1. The summed E-state index contributed by atoms with van der Waals surface area (Å²) in [6.45, 7) is 6.10. The molecule has 33 heavy (non-hydrogen) atoms. The molecule has 0 radical (unpaired) electrons. The monoisotopic (exact) mass is 442 g/mol. The third-order valence-corrected chi connectivity index (χ3v) is 5.10. The molecule has 2 aromatic carbocycles. The van der Waals surface area contributed by atoms with Gasteiger partial charge in [0.25, 0.3) is 5.56 Å². The highest BCUT2D eigenvalue weighted by atomic mass is 16.1. The Balaban J connectivity index is 0.000000235. The van der Waals surface area contributed by atoms with E-state index in [9.17, 15) is 4.79 Å². The van der Waals surface area contributed by atoms with Crippen LogP contribution in [0.1, 0.15) is 35.9 Å². The van der Waals surface area contributed by atoms with Gasteiger partial charge >= 0.3 is 0 Å². The van der Waals surface area contributed by atoms with E-state index < -0.39 is 0 Å². The van der Waals surface area contributed by atoms with Crippen molar-refractivity contribution in [3.63, 3.8) is 0 Å². The fourth-order valence-corrected chi connectivity index (χ4v) is 3.53. The summed E-state index contributed by atoms with van der Waals surface area (Å²) in [7, 11) is 0. The molecule has 0 amide bonds. The molecule has 0 saturated carbocycles. The molecule has 4 rings (SSSR count). The minimum absolute atomic E-state index is 0.0116. The van der Waals surface area contributed by atoms with E-state index in [1.807, 2.05) is 56.3 Å². The van der Waals surface area contributed by atoms with Gasteiger partial charge in [0.1, 0.15) is 29.1 Å². The number of anilines is 3. The van der Waals surface area contributed by atoms with Crippen LogP contribution in [0.3, 0.4) is 0 Å². The van der Waals surface area contributed by atoms with Crippen LogP contribution in [0.2, 0.25) is 0 Å². The first-order chi connectivity index (χ1) is 15.8. The molecule has 9 heteroatoms. The Bertz CT molecular complexity index is 1400. The Kier molecular flexibility index (Phi) is 6.88. The molecule has 0 spiro atoms. The lowest BCUT2D eigenvalue weighted by molar-refractivity contribution is 0.771. The number of aryl methyl sites for hydroxylation is 3. The number of nitrogens with two attached hydrogens (primary N) is 3. The second-order valence-electron chi connectivity index (χ2n) is 7.51. The third-order valence-electron chi connectivity index (χ3n) is 5.10. The second kappa shape index (κ2) is 9.78. The average molecular weight is 443 g/mol. The fourth-order valence-electron chi connectivity index (χ4n) is 3.53. The molecular weight excluding hydrogens is 416 g/mol. The number of aromatic nitrogens is 4. The van der Waals surface area contributed by atoms with Gasteiger partial charge in [0.15, 0.2) is 0 Å². The Morgan fingerprint density at radius 3 is 2.18 bits per heavy atom. The summed E-state index contributed by atoms with van der Waals surface area (Å²) in [6, 6.07) is 15.6. The Labute approximate surface area is 191 Å².